The van der Waals surface area contributed by atoms with Gasteiger partial charge in [-0.1, -0.05) is 6.07 Å². The SMILES string of the molecule is C[C@@H](COc1ccc2c(c1)OCO2)NC(=O)c1c(F)cccc1F. The first kappa shape index (κ1) is 16.0. The number of rotatable bonds is 5. The highest BCUT2D eigenvalue weighted by atomic mass is 19.1. The van der Waals surface area contributed by atoms with Crippen LogP contribution in [0.3, 0.4) is 0 Å². The smallest absolute Gasteiger partial charge is 0.257 e. The average molecular weight is 335 g/mol. The van der Waals surface area contributed by atoms with Gasteiger partial charge < -0.3 is 19.5 Å². The van der Waals surface area contributed by atoms with E-state index in [9.17, 15) is 13.6 Å². The van der Waals surface area contributed by atoms with Gasteiger partial charge in [0.15, 0.2) is 11.5 Å². The third-order valence-corrected chi connectivity index (χ3v) is 3.41. The number of carbonyl (C=O) groups is 1. The zero-order chi connectivity index (χ0) is 17.1. The lowest BCUT2D eigenvalue weighted by Gasteiger charge is -2.15. The molecule has 1 atom stereocenters. The molecule has 0 saturated carbocycles. The zero-order valence-corrected chi connectivity index (χ0v) is 12.8. The summed E-state index contributed by atoms with van der Waals surface area (Å²) >= 11 is 0. The molecule has 0 bridgehead atoms. The van der Waals surface area contributed by atoms with Crippen LogP contribution >= 0.6 is 0 Å². The summed E-state index contributed by atoms with van der Waals surface area (Å²) in [5, 5.41) is 2.50. The van der Waals surface area contributed by atoms with Crippen molar-refractivity contribution < 1.29 is 27.8 Å². The van der Waals surface area contributed by atoms with Crippen molar-refractivity contribution in [3.8, 4) is 17.2 Å². The van der Waals surface area contributed by atoms with Crippen LogP contribution in [0.4, 0.5) is 8.78 Å². The van der Waals surface area contributed by atoms with Gasteiger partial charge >= 0.3 is 0 Å². The highest BCUT2D eigenvalue weighted by Crippen LogP contribution is 2.35. The Balaban J connectivity index is 1.58. The highest BCUT2D eigenvalue weighted by molar-refractivity contribution is 5.94. The summed E-state index contributed by atoms with van der Waals surface area (Å²) in [6.07, 6.45) is 0. The molecule has 24 heavy (non-hydrogen) atoms. The van der Waals surface area contributed by atoms with Crippen LogP contribution in [0.1, 0.15) is 17.3 Å². The molecule has 1 N–H and O–H groups in total. The lowest BCUT2D eigenvalue weighted by Crippen LogP contribution is -2.37. The minimum atomic E-state index is -0.906. The van der Waals surface area contributed by atoms with E-state index >= 15 is 0 Å². The van der Waals surface area contributed by atoms with Crippen LogP contribution < -0.4 is 19.5 Å². The molecule has 0 unspecified atom stereocenters. The van der Waals surface area contributed by atoms with Crippen molar-refractivity contribution >= 4 is 5.91 Å². The molecule has 0 radical (unpaired) electrons. The van der Waals surface area contributed by atoms with E-state index in [1.807, 2.05) is 0 Å². The molecule has 2 aromatic rings. The monoisotopic (exact) mass is 335 g/mol. The fourth-order valence-corrected chi connectivity index (χ4v) is 2.24. The average Bonchev–Trinajstić information content (AvgIpc) is 3.00. The molecule has 1 heterocycles. The standard InChI is InChI=1S/C17H15F2NO4/c1-10(20-17(21)16-12(18)3-2-4-13(16)19)8-22-11-5-6-14-15(7-11)24-9-23-14/h2-7,10H,8-9H2,1H3,(H,20,21)/t10-/m0/s1. The first-order chi connectivity index (χ1) is 11.5. The Kier molecular flexibility index (Phi) is 4.50. The third-order valence-electron chi connectivity index (χ3n) is 3.41. The van der Waals surface area contributed by atoms with Gasteiger partial charge in [0.05, 0.1) is 6.04 Å². The van der Waals surface area contributed by atoms with Crippen molar-refractivity contribution in [2.24, 2.45) is 0 Å². The predicted molar refractivity (Wildman–Crippen MR) is 81.3 cm³/mol. The van der Waals surface area contributed by atoms with Gasteiger partial charge in [-0.3, -0.25) is 4.79 Å². The summed E-state index contributed by atoms with van der Waals surface area (Å²) in [6.45, 7) is 1.96. The lowest BCUT2D eigenvalue weighted by atomic mass is 10.1. The number of nitrogens with one attached hydrogen (secondary N) is 1. The number of hydrogen-bond acceptors (Lipinski definition) is 4. The predicted octanol–water partition coefficient (Wildman–Crippen LogP) is 2.89. The van der Waals surface area contributed by atoms with Crippen molar-refractivity contribution in [2.45, 2.75) is 13.0 Å². The molecular formula is C17H15F2NO4. The van der Waals surface area contributed by atoms with Gasteiger partial charge in [-0.15, -0.1) is 0 Å². The first-order valence-corrected chi connectivity index (χ1v) is 7.32. The third kappa shape index (κ3) is 3.40. The Hall–Kier alpha value is -2.83. The minimum absolute atomic E-state index is 0.126. The van der Waals surface area contributed by atoms with Crippen LogP contribution in [-0.2, 0) is 0 Å². The van der Waals surface area contributed by atoms with Crippen molar-refractivity contribution in [1.82, 2.24) is 5.32 Å². The molecule has 1 aliphatic heterocycles. The first-order valence-electron chi connectivity index (χ1n) is 7.32. The van der Waals surface area contributed by atoms with E-state index in [2.05, 4.69) is 5.32 Å². The van der Waals surface area contributed by atoms with E-state index in [1.54, 1.807) is 25.1 Å². The second-order valence-corrected chi connectivity index (χ2v) is 5.30. The number of ether oxygens (including phenoxy) is 3. The van der Waals surface area contributed by atoms with E-state index in [4.69, 9.17) is 14.2 Å². The van der Waals surface area contributed by atoms with Gasteiger partial charge in [0.2, 0.25) is 6.79 Å². The van der Waals surface area contributed by atoms with Crippen LogP contribution in [-0.4, -0.2) is 25.3 Å². The maximum atomic E-state index is 13.6. The molecular weight excluding hydrogens is 320 g/mol. The van der Waals surface area contributed by atoms with Crippen molar-refractivity contribution in [3.63, 3.8) is 0 Å². The lowest BCUT2D eigenvalue weighted by molar-refractivity contribution is 0.0918. The van der Waals surface area contributed by atoms with Crippen LogP contribution in [0.5, 0.6) is 17.2 Å². The topological polar surface area (TPSA) is 56.8 Å². The van der Waals surface area contributed by atoms with E-state index in [-0.39, 0.29) is 13.4 Å². The van der Waals surface area contributed by atoms with Crippen LogP contribution in [0.25, 0.3) is 0 Å². The Bertz CT molecular complexity index is 746. The van der Waals surface area contributed by atoms with Crippen molar-refractivity contribution in [2.75, 3.05) is 13.4 Å². The molecule has 0 saturated heterocycles. The summed E-state index contributed by atoms with van der Waals surface area (Å²) in [7, 11) is 0. The summed E-state index contributed by atoms with van der Waals surface area (Å²) in [5.41, 5.74) is -0.604. The van der Waals surface area contributed by atoms with Gasteiger partial charge in [0.25, 0.3) is 5.91 Å². The van der Waals surface area contributed by atoms with Crippen LogP contribution in [0, 0.1) is 11.6 Å². The van der Waals surface area contributed by atoms with Crippen molar-refractivity contribution in [1.29, 1.82) is 0 Å². The zero-order valence-electron chi connectivity index (χ0n) is 12.8. The minimum Gasteiger partial charge on any atom is -0.491 e. The van der Waals surface area contributed by atoms with Gasteiger partial charge in [-0.2, -0.15) is 0 Å². The number of fused-ring (bicyclic) bond motifs is 1. The molecule has 0 aliphatic carbocycles. The Labute approximate surface area is 137 Å². The summed E-state index contributed by atoms with van der Waals surface area (Å²) < 4.78 is 43.1. The number of carbonyl (C=O) groups excluding carboxylic acids is 1. The van der Waals surface area contributed by atoms with E-state index in [0.717, 1.165) is 12.1 Å². The molecule has 126 valence electrons. The number of benzene rings is 2. The maximum absolute atomic E-state index is 13.6. The molecule has 0 aromatic heterocycles. The van der Waals surface area contributed by atoms with Crippen LogP contribution in [0.15, 0.2) is 36.4 Å². The molecule has 1 amide bonds. The maximum Gasteiger partial charge on any atom is 0.257 e. The van der Waals surface area contributed by atoms with E-state index < -0.39 is 29.1 Å². The van der Waals surface area contributed by atoms with Gasteiger partial charge in [-0.05, 0) is 31.2 Å². The van der Waals surface area contributed by atoms with E-state index in [0.29, 0.717) is 17.2 Å². The number of amides is 1. The molecule has 0 spiro atoms. The molecule has 2 aromatic carbocycles. The second-order valence-electron chi connectivity index (χ2n) is 5.30. The second kappa shape index (κ2) is 6.74. The summed E-state index contributed by atoms with van der Waals surface area (Å²) in [5.74, 6) is -0.881. The van der Waals surface area contributed by atoms with E-state index in [1.165, 1.54) is 6.07 Å². The van der Waals surface area contributed by atoms with Crippen molar-refractivity contribution in [3.05, 3.63) is 53.6 Å². The number of hydrogen-bond donors (Lipinski definition) is 1. The Morgan fingerprint density at radius 2 is 1.92 bits per heavy atom. The summed E-state index contributed by atoms with van der Waals surface area (Å²) in [4.78, 5) is 12.0. The van der Waals surface area contributed by atoms with Gasteiger partial charge in [0.1, 0.15) is 29.6 Å². The molecule has 5 nitrogen and oxygen atoms in total. The Morgan fingerprint density at radius 1 is 1.21 bits per heavy atom. The normalized spacial score (nSPS) is 13.5. The largest absolute Gasteiger partial charge is 0.491 e. The Morgan fingerprint density at radius 3 is 2.67 bits per heavy atom. The fraction of sp³-hybridized carbons (Fsp3) is 0.235. The van der Waals surface area contributed by atoms with Crippen LogP contribution in [0.2, 0.25) is 0 Å². The summed E-state index contributed by atoms with van der Waals surface area (Å²) in [6, 6.07) is 7.91. The molecule has 3 rings (SSSR count). The highest BCUT2D eigenvalue weighted by Gasteiger charge is 2.19. The molecule has 1 aliphatic rings. The fourth-order valence-electron chi connectivity index (χ4n) is 2.24. The van der Waals surface area contributed by atoms with Gasteiger partial charge in [-0.25, -0.2) is 8.78 Å². The quantitative estimate of drug-likeness (QED) is 0.913. The van der Waals surface area contributed by atoms with Gasteiger partial charge in [0, 0.05) is 6.07 Å². The number of halogens is 2. The molecule has 0 fully saturated rings. The molecule has 7 heteroatoms.